The number of hydrogen-bond acceptors (Lipinski definition) is 6. The molecule has 6 heteroatoms. The number of carboxylic acid groups (broad SMARTS) is 1. The van der Waals surface area contributed by atoms with Crippen molar-refractivity contribution >= 4 is 23.6 Å². The van der Waals surface area contributed by atoms with Crippen LogP contribution in [0.5, 0.6) is 0 Å². The molecular formula is C18H17N4O2-. The Bertz CT molecular complexity index is 746. The summed E-state index contributed by atoms with van der Waals surface area (Å²) in [5.74, 6) is -1.20. The molecular weight excluding hydrogens is 304 g/mol. The van der Waals surface area contributed by atoms with Crippen LogP contribution in [0.3, 0.4) is 0 Å². The number of carboxylic acids is 1. The van der Waals surface area contributed by atoms with Gasteiger partial charge in [0.05, 0.1) is 30.4 Å². The molecule has 0 fully saturated rings. The fourth-order valence-corrected chi connectivity index (χ4v) is 2.02. The number of nitrogens with zero attached hydrogens (tertiary/aromatic N) is 3. The van der Waals surface area contributed by atoms with E-state index in [1.807, 2.05) is 36.2 Å². The second-order valence-corrected chi connectivity index (χ2v) is 5.16. The van der Waals surface area contributed by atoms with Crippen molar-refractivity contribution in [2.75, 3.05) is 23.9 Å². The van der Waals surface area contributed by atoms with Crippen molar-refractivity contribution in [1.29, 1.82) is 5.26 Å². The number of hydrogen-bond donors (Lipinski definition) is 1. The van der Waals surface area contributed by atoms with E-state index in [9.17, 15) is 9.90 Å². The van der Waals surface area contributed by atoms with E-state index in [0.717, 1.165) is 11.3 Å². The first-order chi connectivity index (χ1) is 11.6. The molecule has 122 valence electrons. The predicted molar refractivity (Wildman–Crippen MR) is 91.9 cm³/mol. The van der Waals surface area contributed by atoms with Gasteiger partial charge in [-0.15, -0.1) is 0 Å². The van der Waals surface area contributed by atoms with E-state index < -0.39 is 5.97 Å². The lowest BCUT2D eigenvalue weighted by Crippen LogP contribution is -2.21. The lowest BCUT2D eigenvalue weighted by Gasteiger charge is -2.17. The summed E-state index contributed by atoms with van der Waals surface area (Å²) >= 11 is 0. The Morgan fingerprint density at radius 1 is 1.25 bits per heavy atom. The van der Waals surface area contributed by atoms with Crippen LogP contribution >= 0.6 is 0 Å². The Balaban J connectivity index is 1.92. The Hall–Kier alpha value is -3.33. The van der Waals surface area contributed by atoms with Crippen molar-refractivity contribution in [3.8, 4) is 6.07 Å². The highest BCUT2D eigenvalue weighted by Crippen LogP contribution is 2.13. The van der Waals surface area contributed by atoms with Crippen LogP contribution in [0.4, 0.5) is 11.4 Å². The summed E-state index contributed by atoms with van der Waals surface area (Å²) in [6.07, 6.45) is 2.16. The molecule has 1 N–H and O–H groups in total. The number of rotatable bonds is 7. The molecule has 0 saturated heterocycles. The first-order valence-electron chi connectivity index (χ1n) is 7.39. The molecule has 0 heterocycles. The lowest BCUT2D eigenvalue weighted by molar-refractivity contribution is -0.255. The second-order valence-electron chi connectivity index (χ2n) is 5.16. The number of hydrazone groups is 1. The average Bonchev–Trinajstić information content (AvgIpc) is 2.60. The summed E-state index contributed by atoms with van der Waals surface area (Å²) in [6.45, 7) is 0.688. The van der Waals surface area contributed by atoms with E-state index in [-0.39, 0.29) is 5.56 Å². The zero-order valence-corrected chi connectivity index (χ0v) is 13.3. The molecule has 0 aliphatic rings. The van der Waals surface area contributed by atoms with Gasteiger partial charge in [0, 0.05) is 19.3 Å². The Labute approximate surface area is 140 Å². The standard InChI is InChI=1S/C18H18N4O2/c1-22(12-2-11-19)17-9-3-14(4-10-17)13-20-21-16-7-5-15(6-8-16)18(23)24/h3-10,13,21H,2,12H2,1H3,(H,23,24)/p-1/b20-13-. The third-order valence-electron chi connectivity index (χ3n) is 3.42. The third-order valence-corrected chi connectivity index (χ3v) is 3.42. The van der Waals surface area contributed by atoms with Gasteiger partial charge in [-0.3, -0.25) is 5.43 Å². The lowest BCUT2D eigenvalue weighted by atomic mass is 10.2. The SMILES string of the molecule is CN(CCC#N)c1ccc(/C=N\Nc2ccc(C(=O)[O-])cc2)cc1. The zero-order chi connectivity index (χ0) is 17.4. The Kier molecular flexibility index (Phi) is 5.92. The monoisotopic (exact) mass is 321 g/mol. The third kappa shape index (κ3) is 4.85. The number of nitrogens with one attached hydrogen (secondary N) is 1. The molecule has 24 heavy (non-hydrogen) atoms. The summed E-state index contributed by atoms with van der Waals surface area (Å²) in [4.78, 5) is 12.7. The van der Waals surface area contributed by atoms with Gasteiger partial charge in [-0.2, -0.15) is 10.4 Å². The summed E-state index contributed by atoms with van der Waals surface area (Å²) in [5.41, 5.74) is 5.60. The summed E-state index contributed by atoms with van der Waals surface area (Å²) in [5, 5.41) is 23.4. The van der Waals surface area contributed by atoms with E-state index in [1.165, 1.54) is 12.1 Å². The topological polar surface area (TPSA) is 91.6 Å². The number of carbonyl (C=O) groups is 1. The second kappa shape index (κ2) is 8.34. The molecule has 0 unspecified atom stereocenters. The molecule has 2 rings (SSSR count). The molecule has 0 atom stereocenters. The molecule has 0 aromatic heterocycles. The largest absolute Gasteiger partial charge is 0.545 e. The molecule has 0 aliphatic carbocycles. The minimum absolute atomic E-state index is 0.126. The van der Waals surface area contributed by atoms with Crippen LogP contribution in [0, 0.1) is 11.3 Å². The number of nitriles is 1. The highest BCUT2D eigenvalue weighted by Gasteiger charge is 1.99. The maximum absolute atomic E-state index is 10.7. The molecule has 0 bridgehead atoms. The van der Waals surface area contributed by atoms with Crippen molar-refractivity contribution in [2.24, 2.45) is 5.10 Å². The predicted octanol–water partition coefficient (Wildman–Crippen LogP) is 1.85. The number of benzene rings is 2. The van der Waals surface area contributed by atoms with E-state index >= 15 is 0 Å². The van der Waals surface area contributed by atoms with E-state index in [4.69, 9.17) is 5.26 Å². The van der Waals surface area contributed by atoms with Crippen molar-refractivity contribution in [3.05, 3.63) is 59.7 Å². The van der Waals surface area contributed by atoms with Gasteiger partial charge in [-0.05, 0) is 35.4 Å². The van der Waals surface area contributed by atoms with Crippen molar-refractivity contribution in [2.45, 2.75) is 6.42 Å². The fraction of sp³-hybridized carbons (Fsp3) is 0.167. The van der Waals surface area contributed by atoms with Gasteiger partial charge in [0.25, 0.3) is 0 Å². The Morgan fingerprint density at radius 2 is 1.92 bits per heavy atom. The number of aromatic carboxylic acids is 1. The molecule has 0 saturated carbocycles. The van der Waals surface area contributed by atoms with E-state index in [1.54, 1.807) is 18.3 Å². The van der Waals surface area contributed by atoms with Gasteiger partial charge >= 0.3 is 0 Å². The van der Waals surface area contributed by atoms with Crippen molar-refractivity contribution in [3.63, 3.8) is 0 Å². The quantitative estimate of drug-likeness (QED) is 0.620. The Morgan fingerprint density at radius 3 is 2.50 bits per heavy atom. The normalized spacial score (nSPS) is 10.3. The van der Waals surface area contributed by atoms with Crippen molar-refractivity contribution in [1.82, 2.24) is 0 Å². The first-order valence-corrected chi connectivity index (χ1v) is 7.39. The minimum atomic E-state index is -1.20. The summed E-state index contributed by atoms with van der Waals surface area (Å²) < 4.78 is 0. The maximum Gasteiger partial charge on any atom is 0.0715 e. The van der Waals surface area contributed by atoms with E-state index in [0.29, 0.717) is 18.7 Å². The average molecular weight is 321 g/mol. The van der Waals surface area contributed by atoms with Crippen LogP contribution < -0.4 is 15.4 Å². The number of anilines is 2. The van der Waals surface area contributed by atoms with Gasteiger partial charge in [-0.1, -0.05) is 24.3 Å². The van der Waals surface area contributed by atoms with Gasteiger partial charge < -0.3 is 14.8 Å². The number of carbonyl (C=O) groups excluding carboxylic acids is 1. The molecule has 2 aromatic carbocycles. The van der Waals surface area contributed by atoms with Crippen LogP contribution in [0.1, 0.15) is 22.3 Å². The van der Waals surface area contributed by atoms with Gasteiger partial charge in [0.1, 0.15) is 0 Å². The molecule has 6 nitrogen and oxygen atoms in total. The van der Waals surface area contributed by atoms with E-state index in [2.05, 4.69) is 16.6 Å². The van der Waals surface area contributed by atoms with Crippen LogP contribution in [0.15, 0.2) is 53.6 Å². The van der Waals surface area contributed by atoms with Gasteiger partial charge in [0.15, 0.2) is 0 Å². The van der Waals surface area contributed by atoms with Gasteiger partial charge in [-0.25, -0.2) is 0 Å². The van der Waals surface area contributed by atoms with Crippen molar-refractivity contribution < 1.29 is 9.90 Å². The summed E-state index contributed by atoms with van der Waals surface area (Å²) in [7, 11) is 1.94. The van der Waals surface area contributed by atoms with Crippen LogP contribution in [0.2, 0.25) is 0 Å². The molecule has 0 amide bonds. The molecule has 2 aromatic rings. The molecule has 0 radical (unpaired) electrons. The van der Waals surface area contributed by atoms with Crippen LogP contribution in [-0.4, -0.2) is 25.8 Å². The highest BCUT2D eigenvalue weighted by atomic mass is 16.4. The smallest absolute Gasteiger partial charge is 0.0715 e. The minimum Gasteiger partial charge on any atom is -0.545 e. The maximum atomic E-state index is 10.7. The van der Waals surface area contributed by atoms with Gasteiger partial charge in [0.2, 0.25) is 0 Å². The zero-order valence-electron chi connectivity index (χ0n) is 13.3. The van der Waals surface area contributed by atoms with Crippen LogP contribution in [-0.2, 0) is 0 Å². The van der Waals surface area contributed by atoms with Crippen LogP contribution in [0.25, 0.3) is 0 Å². The molecule has 0 aliphatic heterocycles. The highest BCUT2D eigenvalue weighted by molar-refractivity contribution is 5.86. The summed E-state index contributed by atoms with van der Waals surface area (Å²) in [6, 6.07) is 16.1. The molecule has 0 spiro atoms. The first kappa shape index (κ1) is 17.0. The fourth-order valence-electron chi connectivity index (χ4n) is 2.02.